The number of nitrogens with two attached hydrogens (primary N) is 1. The van der Waals surface area contributed by atoms with Crippen molar-refractivity contribution in [3.05, 3.63) is 83.7 Å². The van der Waals surface area contributed by atoms with Crippen LogP contribution in [0.1, 0.15) is 41.5 Å². The number of aromatic carboxylic acids is 1. The fourth-order valence-electron chi connectivity index (χ4n) is 4.00. The van der Waals surface area contributed by atoms with Crippen LogP contribution in [-0.4, -0.2) is 25.9 Å². The minimum absolute atomic E-state index is 0. The summed E-state index contributed by atoms with van der Waals surface area (Å²) >= 11 is 0.640. The van der Waals surface area contributed by atoms with Gasteiger partial charge in [-0.3, -0.25) is 9.93 Å². The molecule has 4 rings (SSSR count). The molecular weight excluding hydrogens is 484 g/mol. The summed E-state index contributed by atoms with van der Waals surface area (Å²) in [5.74, 6) is 0.0552. The van der Waals surface area contributed by atoms with E-state index in [4.69, 9.17) is 10.1 Å². The topological polar surface area (TPSA) is 110 Å². The van der Waals surface area contributed by atoms with E-state index in [0.29, 0.717) is 29.7 Å². The molecule has 4 N–H and O–H groups in total. The third-order valence-electron chi connectivity index (χ3n) is 5.70. The van der Waals surface area contributed by atoms with Gasteiger partial charge in [-0.1, -0.05) is 55.8 Å². The number of fused-ring (bicyclic) bond motifs is 1. The number of carbonyl (C=O) groups excluding carboxylic acids is 1. The first-order chi connectivity index (χ1) is 16.5. The first-order valence-electron chi connectivity index (χ1n) is 11.1. The van der Waals surface area contributed by atoms with Gasteiger partial charge >= 0.3 is 5.97 Å². The number of unbranched alkanes of at least 4 members (excludes halogenated alkanes) is 1. The molecule has 0 radical (unpaired) electrons. The van der Waals surface area contributed by atoms with Crippen molar-refractivity contribution >= 4 is 52.3 Å². The van der Waals surface area contributed by atoms with Crippen LogP contribution in [0.4, 0.5) is 10.5 Å². The van der Waals surface area contributed by atoms with E-state index in [-0.39, 0.29) is 23.2 Å². The highest BCUT2D eigenvalue weighted by Gasteiger charge is 2.14. The zero-order valence-electron chi connectivity index (χ0n) is 19.2. The Morgan fingerprint density at radius 1 is 1.09 bits per heavy atom. The smallest absolute Gasteiger partial charge is 0.336 e. The van der Waals surface area contributed by atoms with E-state index >= 15 is 0 Å². The van der Waals surface area contributed by atoms with Gasteiger partial charge in [0.15, 0.2) is 0 Å². The second-order valence-corrected chi connectivity index (χ2v) is 8.61. The fourth-order valence-corrected chi connectivity index (χ4v) is 4.18. The minimum atomic E-state index is -0.939. The maximum absolute atomic E-state index is 11.6. The highest BCUT2D eigenvalue weighted by molar-refractivity contribution is 8.11. The maximum Gasteiger partial charge on any atom is 0.336 e. The molecule has 0 bridgehead atoms. The molecule has 3 aromatic carbocycles. The molecule has 1 heterocycles. The standard InChI is InChI=1S/C26H26N4O3S.ClH/c1-2-3-8-24-29-22-15-19(28-26(33)34-27)13-14-23(22)30(24)16-17-9-11-18(12-10-17)20-6-4-5-7-21(20)25(31)32;/h4-7,9-15H,2-3,8,16,27H2,1H3,(H,28,33)(H,31,32);1H. The van der Waals surface area contributed by atoms with Gasteiger partial charge in [0.05, 0.1) is 16.6 Å². The summed E-state index contributed by atoms with van der Waals surface area (Å²) in [5, 5.41) is 17.2. The van der Waals surface area contributed by atoms with Gasteiger partial charge in [0.2, 0.25) is 0 Å². The summed E-state index contributed by atoms with van der Waals surface area (Å²) in [6.45, 7) is 2.79. The highest BCUT2D eigenvalue weighted by atomic mass is 35.5. The SMILES string of the molecule is CCCCc1nc2cc(NC(=O)SN)ccc2n1Cc1ccc(-c2ccccc2C(=O)O)cc1.Cl. The molecule has 0 saturated heterocycles. The van der Waals surface area contributed by atoms with Gasteiger partial charge in [-0.15, -0.1) is 12.4 Å². The van der Waals surface area contributed by atoms with Crippen molar-refractivity contribution in [2.24, 2.45) is 5.14 Å². The fraction of sp³-hybridized carbons (Fsp3) is 0.192. The molecule has 35 heavy (non-hydrogen) atoms. The van der Waals surface area contributed by atoms with Crippen molar-refractivity contribution in [3.8, 4) is 11.1 Å². The molecule has 0 fully saturated rings. The van der Waals surface area contributed by atoms with E-state index in [1.165, 1.54) is 0 Å². The number of anilines is 1. The summed E-state index contributed by atoms with van der Waals surface area (Å²) in [7, 11) is 0. The molecule has 0 aliphatic rings. The normalized spacial score (nSPS) is 10.7. The Morgan fingerprint density at radius 3 is 2.51 bits per heavy atom. The van der Waals surface area contributed by atoms with Crippen molar-refractivity contribution in [2.75, 3.05) is 5.32 Å². The molecule has 0 atom stereocenters. The number of carbonyl (C=O) groups is 2. The third kappa shape index (κ3) is 6.03. The van der Waals surface area contributed by atoms with Crippen molar-refractivity contribution < 1.29 is 14.7 Å². The molecule has 182 valence electrons. The lowest BCUT2D eigenvalue weighted by atomic mass is 9.99. The number of nitrogens with one attached hydrogen (secondary N) is 1. The number of carboxylic acid groups (broad SMARTS) is 1. The monoisotopic (exact) mass is 510 g/mol. The largest absolute Gasteiger partial charge is 0.478 e. The van der Waals surface area contributed by atoms with Gasteiger partial charge < -0.3 is 15.0 Å². The predicted octanol–water partition coefficient (Wildman–Crippen LogP) is 6.35. The number of halogens is 1. The molecule has 0 aliphatic carbocycles. The van der Waals surface area contributed by atoms with Crippen molar-refractivity contribution in [2.45, 2.75) is 32.7 Å². The number of aryl methyl sites for hydroxylation is 1. The Hall–Kier alpha value is -3.33. The lowest BCUT2D eigenvalue weighted by Gasteiger charge is -2.11. The van der Waals surface area contributed by atoms with E-state index in [2.05, 4.69) is 16.8 Å². The van der Waals surface area contributed by atoms with Crippen LogP contribution in [0.25, 0.3) is 22.2 Å². The van der Waals surface area contributed by atoms with E-state index < -0.39 is 5.97 Å². The Bertz CT molecular complexity index is 1340. The summed E-state index contributed by atoms with van der Waals surface area (Å²) in [5.41, 5.74) is 5.40. The molecular formula is C26H27ClN4O3S. The van der Waals surface area contributed by atoms with E-state index in [0.717, 1.165) is 47.2 Å². The number of carboxylic acids is 1. The van der Waals surface area contributed by atoms with Crippen LogP contribution in [0, 0.1) is 0 Å². The highest BCUT2D eigenvalue weighted by Crippen LogP contribution is 2.26. The van der Waals surface area contributed by atoms with Crippen molar-refractivity contribution in [1.82, 2.24) is 9.55 Å². The Balaban J connectivity index is 0.00000342. The Labute approximate surface area is 214 Å². The lowest BCUT2D eigenvalue weighted by molar-refractivity contribution is 0.0697. The number of rotatable bonds is 8. The maximum atomic E-state index is 11.6. The second-order valence-electron chi connectivity index (χ2n) is 8.00. The van der Waals surface area contributed by atoms with Crippen LogP contribution < -0.4 is 10.5 Å². The van der Waals surface area contributed by atoms with E-state index in [1.54, 1.807) is 12.1 Å². The number of imidazole rings is 1. The summed E-state index contributed by atoms with van der Waals surface area (Å²) in [6, 6.07) is 20.7. The van der Waals surface area contributed by atoms with Gasteiger partial charge in [-0.2, -0.15) is 0 Å². The number of hydrogen-bond donors (Lipinski definition) is 3. The second kappa shape index (κ2) is 11.9. The zero-order chi connectivity index (χ0) is 24.1. The number of nitrogens with zero attached hydrogens (tertiary/aromatic N) is 2. The molecule has 9 heteroatoms. The van der Waals surface area contributed by atoms with Crippen LogP contribution in [0.2, 0.25) is 0 Å². The quantitative estimate of drug-likeness (QED) is 0.238. The van der Waals surface area contributed by atoms with Gasteiger partial charge in [0.25, 0.3) is 5.24 Å². The molecule has 1 amide bonds. The molecule has 0 spiro atoms. The van der Waals surface area contributed by atoms with E-state index in [1.807, 2.05) is 54.6 Å². The zero-order valence-corrected chi connectivity index (χ0v) is 20.9. The lowest BCUT2D eigenvalue weighted by Crippen LogP contribution is -2.07. The molecule has 0 aliphatic heterocycles. The van der Waals surface area contributed by atoms with Crippen LogP contribution >= 0.6 is 24.4 Å². The average molecular weight is 511 g/mol. The number of amides is 1. The van der Waals surface area contributed by atoms with Crippen LogP contribution in [0.3, 0.4) is 0 Å². The van der Waals surface area contributed by atoms with Gasteiger partial charge in [-0.25, -0.2) is 9.78 Å². The van der Waals surface area contributed by atoms with Crippen LogP contribution in [0.15, 0.2) is 66.7 Å². The predicted molar refractivity (Wildman–Crippen MR) is 144 cm³/mol. The molecule has 0 saturated carbocycles. The summed E-state index contributed by atoms with van der Waals surface area (Å²) in [4.78, 5) is 28.1. The average Bonchev–Trinajstić information content (AvgIpc) is 3.19. The number of aromatic nitrogens is 2. The van der Waals surface area contributed by atoms with E-state index in [9.17, 15) is 14.7 Å². The van der Waals surface area contributed by atoms with Crippen molar-refractivity contribution in [1.29, 1.82) is 0 Å². The minimum Gasteiger partial charge on any atom is -0.478 e. The third-order valence-corrected chi connectivity index (χ3v) is 6.01. The Morgan fingerprint density at radius 2 is 1.83 bits per heavy atom. The first kappa shape index (κ1) is 26.3. The van der Waals surface area contributed by atoms with Crippen molar-refractivity contribution in [3.63, 3.8) is 0 Å². The van der Waals surface area contributed by atoms with Gasteiger partial charge in [-0.05, 0) is 47.4 Å². The van der Waals surface area contributed by atoms with Gasteiger partial charge in [0, 0.05) is 30.6 Å². The molecule has 0 unspecified atom stereocenters. The van der Waals surface area contributed by atoms with Crippen LogP contribution in [0.5, 0.6) is 0 Å². The molecule has 7 nitrogen and oxygen atoms in total. The molecule has 4 aromatic rings. The molecule has 1 aromatic heterocycles. The van der Waals surface area contributed by atoms with Gasteiger partial charge in [0.1, 0.15) is 5.82 Å². The summed E-state index contributed by atoms with van der Waals surface area (Å²) in [6.07, 6.45) is 2.95. The number of benzene rings is 3. The van der Waals surface area contributed by atoms with Crippen LogP contribution in [-0.2, 0) is 13.0 Å². The Kier molecular flexibility index (Phi) is 8.92. The summed E-state index contributed by atoms with van der Waals surface area (Å²) < 4.78 is 2.20. The number of hydrogen-bond acceptors (Lipinski definition) is 5. The first-order valence-corrected chi connectivity index (χ1v) is 12.0.